The molecule has 1 aromatic carbocycles. The van der Waals surface area contributed by atoms with Crippen molar-refractivity contribution in [1.82, 2.24) is 4.98 Å². The fraction of sp³-hybridized carbons (Fsp3) is 0.214. The predicted molar refractivity (Wildman–Crippen MR) is 72.4 cm³/mol. The topological polar surface area (TPSA) is 63.0 Å². The van der Waals surface area contributed by atoms with Crippen molar-refractivity contribution >= 4 is 28.5 Å². The highest BCUT2D eigenvalue weighted by molar-refractivity contribution is 6.38. The van der Waals surface area contributed by atoms with Crippen molar-refractivity contribution in [2.24, 2.45) is 0 Å². The summed E-state index contributed by atoms with van der Waals surface area (Å²) in [6, 6.07) is 5.67. The summed E-state index contributed by atoms with van der Waals surface area (Å²) in [4.78, 5) is 15.3. The quantitative estimate of drug-likeness (QED) is 0.783. The van der Waals surface area contributed by atoms with E-state index in [-0.39, 0.29) is 23.1 Å². The number of ether oxygens (including phenoxy) is 1. The van der Waals surface area contributed by atoms with Gasteiger partial charge in [-0.3, -0.25) is 0 Å². The molecule has 2 aromatic rings. The molecule has 1 heterocycles. The molecule has 0 saturated heterocycles. The molecule has 0 saturated carbocycles. The van der Waals surface area contributed by atoms with Crippen LogP contribution in [-0.4, -0.2) is 17.6 Å². The summed E-state index contributed by atoms with van der Waals surface area (Å²) in [6.45, 7) is 1.35. The Kier molecular flexibility index (Phi) is 4.24. The number of aromatic nitrogens is 1. The average Bonchev–Trinajstić information content (AvgIpc) is 2.46. The SMILES string of the molecule is CCOC(=O)c1c(C(F)(F)F)nc2ccc(C#N)cc2c1Cl. The number of rotatable bonds is 2. The maximum atomic E-state index is 13.1. The Bertz CT molecular complexity index is 797. The van der Waals surface area contributed by atoms with Gasteiger partial charge in [-0.25, -0.2) is 9.78 Å². The number of carbonyl (C=O) groups is 1. The smallest absolute Gasteiger partial charge is 0.434 e. The van der Waals surface area contributed by atoms with E-state index in [2.05, 4.69) is 9.72 Å². The van der Waals surface area contributed by atoms with Crippen LogP contribution < -0.4 is 0 Å². The molecule has 0 radical (unpaired) electrons. The molecular formula is C14H8ClF3N2O2. The number of benzene rings is 1. The molecule has 0 unspecified atom stereocenters. The molecule has 4 nitrogen and oxygen atoms in total. The lowest BCUT2D eigenvalue weighted by Crippen LogP contribution is -2.18. The summed E-state index contributed by atoms with van der Waals surface area (Å²) in [6.07, 6.45) is -4.87. The summed E-state index contributed by atoms with van der Waals surface area (Å²) >= 11 is 5.96. The zero-order valence-corrected chi connectivity index (χ0v) is 11.9. The standard InChI is InChI=1S/C14H8ClF3N2O2/c1-2-22-13(21)10-11(15)8-5-7(6-19)3-4-9(8)20-12(10)14(16,17)18/h3-5H,2H2,1H3. The van der Waals surface area contributed by atoms with Crippen LogP contribution >= 0.6 is 11.6 Å². The van der Waals surface area contributed by atoms with Crippen molar-refractivity contribution < 1.29 is 22.7 Å². The Morgan fingerprint density at radius 3 is 2.68 bits per heavy atom. The fourth-order valence-corrected chi connectivity index (χ4v) is 2.21. The first-order chi connectivity index (χ1) is 10.3. The lowest BCUT2D eigenvalue weighted by molar-refractivity contribution is -0.141. The zero-order chi connectivity index (χ0) is 16.5. The van der Waals surface area contributed by atoms with Crippen LogP contribution in [-0.2, 0) is 10.9 Å². The van der Waals surface area contributed by atoms with Crippen LogP contribution in [0, 0.1) is 11.3 Å². The van der Waals surface area contributed by atoms with Gasteiger partial charge >= 0.3 is 12.1 Å². The van der Waals surface area contributed by atoms with Crippen LogP contribution in [0.2, 0.25) is 5.02 Å². The first-order valence-electron chi connectivity index (χ1n) is 6.07. The number of nitrogens with zero attached hydrogens (tertiary/aromatic N) is 2. The molecule has 0 N–H and O–H groups in total. The minimum atomic E-state index is -4.87. The first kappa shape index (κ1) is 16.0. The van der Waals surface area contributed by atoms with E-state index in [4.69, 9.17) is 16.9 Å². The van der Waals surface area contributed by atoms with Gasteiger partial charge in [-0.05, 0) is 25.1 Å². The minimum Gasteiger partial charge on any atom is -0.462 e. The molecule has 0 amide bonds. The summed E-state index contributed by atoms with van der Waals surface area (Å²) in [5, 5.41) is 8.49. The van der Waals surface area contributed by atoms with E-state index in [1.54, 1.807) is 0 Å². The maximum Gasteiger partial charge on any atom is 0.434 e. The Labute approximate surface area is 128 Å². The molecule has 22 heavy (non-hydrogen) atoms. The normalized spacial score (nSPS) is 11.3. The van der Waals surface area contributed by atoms with Gasteiger partial charge in [0.15, 0.2) is 5.69 Å². The van der Waals surface area contributed by atoms with E-state index >= 15 is 0 Å². The van der Waals surface area contributed by atoms with Crippen LogP contribution in [0.15, 0.2) is 18.2 Å². The number of fused-ring (bicyclic) bond motifs is 1. The number of pyridine rings is 1. The molecule has 8 heteroatoms. The Morgan fingerprint density at radius 2 is 2.14 bits per heavy atom. The number of halogens is 4. The van der Waals surface area contributed by atoms with Gasteiger partial charge in [0.25, 0.3) is 0 Å². The summed E-state index contributed by atoms with van der Waals surface area (Å²) in [5.41, 5.74) is -2.14. The van der Waals surface area contributed by atoms with E-state index < -0.39 is 28.4 Å². The molecule has 114 valence electrons. The van der Waals surface area contributed by atoms with E-state index in [0.717, 1.165) is 0 Å². The van der Waals surface area contributed by atoms with Crippen molar-refractivity contribution in [2.75, 3.05) is 6.61 Å². The van der Waals surface area contributed by atoms with Crippen LogP contribution in [0.25, 0.3) is 10.9 Å². The minimum absolute atomic E-state index is 0.0654. The van der Waals surface area contributed by atoms with Gasteiger partial charge in [0, 0.05) is 5.39 Å². The maximum absolute atomic E-state index is 13.1. The first-order valence-corrected chi connectivity index (χ1v) is 6.45. The number of nitriles is 1. The number of alkyl halides is 3. The predicted octanol–water partition coefficient (Wildman–Crippen LogP) is 3.96. The number of hydrogen-bond donors (Lipinski definition) is 0. The van der Waals surface area contributed by atoms with Gasteiger partial charge in [-0.1, -0.05) is 11.6 Å². The van der Waals surface area contributed by atoms with Crippen LogP contribution in [0.5, 0.6) is 0 Å². The Balaban J connectivity index is 2.85. The van der Waals surface area contributed by atoms with Gasteiger partial charge in [0.2, 0.25) is 0 Å². The summed E-state index contributed by atoms with van der Waals surface area (Å²) < 4.78 is 44.0. The molecule has 0 fully saturated rings. The molecule has 1 aromatic heterocycles. The van der Waals surface area contributed by atoms with Crippen molar-refractivity contribution in [3.63, 3.8) is 0 Å². The van der Waals surface area contributed by atoms with Crippen LogP contribution in [0.3, 0.4) is 0 Å². The molecule has 2 rings (SSSR count). The number of carbonyl (C=O) groups excluding carboxylic acids is 1. The second-order valence-electron chi connectivity index (χ2n) is 4.21. The van der Waals surface area contributed by atoms with E-state index in [1.165, 1.54) is 25.1 Å². The summed E-state index contributed by atoms with van der Waals surface area (Å²) in [7, 11) is 0. The van der Waals surface area contributed by atoms with Crippen molar-refractivity contribution in [3.8, 4) is 6.07 Å². The van der Waals surface area contributed by atoms with Gasteiger partial charge in [-0.2, -0.15) is 18.4 Å². The highest BCUT2D eigenvalue weighted by Crippen LogP contribution is 2.37. The van der Waals surface area contributed by atoms with E-state index in [0.29, 0.717) is 0 Å². The highest BCUT2D eigenvalue weighted by Gasteiger charge is 2.40. The average molecular weight is 329 g/mol. The van der Waals surface area contributed by atoms with Gasteiger partial charge in [0.1, 0.15) is 5.56 Å². The zero-order valence-electron chi connectivity index (χ0n) is 11.2. The molecule has 0 spiro atoms. The molecule has 0 bridgehead atoms. The lowest BCUT2D eigenvalue weighted by atomic mass is 10.1. The summed E-state index contributed by atoms with van der Waals surface area (Å²) in [5.74, 6) is -1.21. The molecule has 0 aliphatic heterocycles. The third-order valence-corrected chi connectivity index (χ3v) is 3.19. The van der Waals surface area contributed by atoms with Crippen LogP contribution in [0.4, 0.5) is 13.2 Å². The van der Waals surface area contributed by atoms with E-state index in [1.807, 2.05) is 6.07 Å². The Hall–Kier alpha value is -2.33. The second kappa shape index (κ2) is 5.81. The highest BCUT2D eigenvalue weighted by atomic mass is 35.5. The van der Waals surface area contributed by atoms with Crippen molar-refractivity contribution in [1.29, 1.82) is 5.26 Å². The monoisotopic (exact) mass is 328 g/mol. The lowest BCUT2D eigenvalue weighted by Gasteiger charge is -2.14. The van der Waals surface area contributed by atoms with Gasteiger partial charge in [-0.15, -0.1) is 0 Å². The van der Waals surface area contributed by atoms with Gasteiger partial charge in [0.05, 0.1) is 28.8 Å². The van der Waals surface area contributed by atoms with Crippen molar-refractivity contribution in [2.45, 2.75) is 13.1 Å². The Morgan fingerprint density at radius 1 is 1.45 bits per heavy atom. The number of esters is 1. The fourth-order valence-electron chi connectivity index (χ4n) is 1.89. The number of hydrogen-bond acceptors (Lipinski definition) is 4. The largest absolute Gasteiger partial charge is 0.462 e. The molecular weight excluding hydrogens is 321 g/mol. The third-order valence-electron chi connectivity index (χ3n) is 2.80. The second-order valence-corrected chi connectivity index (χ2v) is 4.59. The third kappa shape index (κ3) is 2.83. The van der Waals surface area contributed by atoms with E-state index in [9.17, 15) is 18.0 Å². The molecule has 0 aliphatic carbocycles. The van der Waals surface area contributed by atoms with Crippen LogP contribution in [0.1, 0.15) is 28.5 Å². The molecule has 0 atom stereocenters. The van der Waals surface area contributed by atoms with Gasteiger partial charge < -0.3 is 4.74 Å². The molecule has 0 aliphatic rings. The van der Waals surface area contributed by atoms with Crippen molar-refractivity contribution in [3.05, 3.63) is 40.0 Å².